The van der Waals surface area contributed by atoms with E-state index in [0.29, 0.717) is 0 Å². The molecule has 0 bridgehead atoms. The fraction of sp³-hybridized carbons (Fsp3) is 0.250. The van der Waals surface area contributed by atoms with E-state index < -0.39 is 0 Å². The van der Waals surface area contributed by atoms with Gasteiger partial charge in [0.2, 0.25) is 0 Å². The van der Waals surface area contributed by atoms with Gasteiger partial charge in [-0.15, -0.1) is 0 Å². The van der Waals surface area contributed by atoms with Crippen molar-refractivity contribution in [2.75, 3.05) is 31.1 Å². The van der Waals surface area contributed by atoms with Crippen LogP contribution in [0.2, 0.25) is 0 Å². The van der Waals surface area contributed by atoms with Gasteiger partial charge in [-0.2, -0.15) is 0 Å². The monoisotopic (exact) mass is 292 g/mol. The molecule has 3 aromatic heterocycles. The summed E-state index contributed by atoms with van der Waals surface area (Å²) in [7, 11) is 0. The number of hydrogen-bond acceptors (Lipinski definition) is 6. The molecule has 0 radical (unpaired) electrons. The average molecular weight is 292 g/mol. The lowest BCUT2D eigenvalue weighted by molar-refractivity contribution is 0.586. The lowest BCUT2D eigenvalue weighted by Gasteiger charge is -2.29. The van der Waals surface area contributed by atoms with E-state index in [1.165, 1.54) is 0 Å². The Morgan fingerprint density at radius 3 is 2.50 bits per heavy atom. The molecule has 0 unspecified atom stereocenters. The van der Waals surface area contributed by atoms with Gasteiger partial charge in [-0.25, -0.2) is 9.97 Å². The largest absolute Gasteiger partial charge is 0.353 e. The summed E-state index contributed by atoms with van der Waals surface area (Å²) in [5, 5.41) is 4.42. The molecular weight excluding hydrogens is 276 g/mol. The van der Waals surface area contributed by atoms with Gasteiger partial charge in [0.1, 0.15) is 5.82 Å². The van der Waals surface area contributed by atoms with Gasteiger partial charge in [0.15, 0.2) is 5.82 Å². The number of hydrogen-bond donors (Lipinski definition) is 1. The summed E-state index contributed by atoms with van der Waals surface area (Å²) in [6, 6.07) is 5.85. The van der Waals surface area contributed by atoms with Crippen molar-refractivity contribution in [1.82, 2.24) is 25.3 Å². The number of nitrogens with zero attached hydrogens (tertiary/aromatic N) is 5. The zero-order valence-corrected chi connectivity index (χ0v) is 12.1. The van der Waals surface area contributed by atoms with Crippen LogP contribution >= 0.6 is 0 Å². The summed E-state index contributed by atoms with van der Waals surface area (Å²) in [4.78, 5) is 20.1. The molecule has 6 nitrogen and oxygen atoms in total. The molecule has 0 spiro atoms. The Kier molecular flexibility index (Phi) is 3.36. The van der Waals surface area contributed by atoms with Crippen LogP contribution in [-0.2, 0) is 0 Å². The molecule has 1 N–H and O–H groups in total. The van der Waals surface area contributed by atoms with Crippen LogP contribution in [0.5, 0.6) is 0 Å². The lowest BCUT2D eigenvalue weighted by atomic mass is 10.2. The molecule has 1 fully saturated rings. The standard InChI is InChI=1S/C16H16N6/c1-4-17-5-2-12(1)15-20-14-11-19-6-3-13(14)16(21-15)22-9-7-18-8-10-22/h1-6,11,18H,7-10H2. The average Bonchev–Trinajstić information content (AvgIpc) is 2.62. The van der Waals surface area contributed by atoms with Crippen molar-refractivity contribution in [3.63, 3.8) is 0 Å². The Morgan fingerprint density at radius 1 is 0.909 bits per heavy atom. The third-order valence-electron chi connectivity index (χ3n) is 3.83. The molecule has 3 aromatic rings. The summed E-state index contributed by atoms with van der Waals surface area (Å²) in [6.07, 6.45) is 7.12. The SMILES string of the molecule is c1cc(-c2nc(N3CCNCC3)c3ccncc3n2)ccn1. The van der Waals surface area contributed by atoms with Crippen molar-refractivity contribution >= 4 is 16.7 Å². The molecule has 0 aromatic carbocycles. The number of nitrogens with one attached hydrogen (secondary N) is 1. The molecule has 1 saturated heterocycles. The second-order valence-electron chi connectivity index (χ2n) is 5.24. The Labute approximate surface area is 128 Å². The third-order valence-corrected chi connectivity index (χ3v) is 3.83. The van der Waals surface area contributed by atoms with Crippen molar-refractivity contribution < 1.29 is 0 Å². The van der Waals surface area contributed by atoms with Crippen molar-refractivity contribution in [2.45, 2.75) is 0 Å². The highest BCUT2D eigenvalue weighted by atomic mass is 15.2. The molecule has 4 rings (SSSR count). The predicted molar refractivity (Wildman–Crippen MR) is 85.6 cm³/mol. The maximum Gasteiger partial charge on any atom is 0.162 e. The van der Waals surface area contributed by atoms with Crippen molar-refractivity contribution in [3.05, 3.63) is 43.0 Å². The van der Waals surface area contributed by atoms with Crippen LogP contribution in [0, 0.1) is 0 Å². The Bertz CT molecular complexity index is 783. The number of pyridine rings is 2. The van der Waals surface area contributed by atoms with Crippen LogP contribution < -0.4 is 10.2 Å². The lowest BCUT2D eigenvalue weighted by Crippen LogP contribution is -2.44. The molecule has 0 saturated carbocycles. The normalized spacial score (nSPS) is 15.2. The van der Waals surface area contributed by atoms with E-state index in [1.54, 1.807) is 24.8 Å². The van der Waals surface area contributed by atoms with Crippen LogP contribution in [0.1, 0.15) is 0 Å². The van der Waals surface area contributed by atoms with E-state index in [9.17, 15) is 0 Å². The second-order valence-corrected chi connectivity index (χ2v) is 5.24. The maximum atomic E-state index is 4.83. The smallest absolute Gasteiger partial charge is 0.162 e. The van der Waals surface area contributed by atoms with E-state index in [2.05, 4.69) is 25.2 Å². The van der Waals surface area contributed by atoms with Crippen LogP contribution in [0.4, 0.5) is 5.82 Å². The first-order valence-corrected chi connectivity index (χ1v) is 7.40. The minimum atomic E-state index is 0.719. The van der Waals surface area contributed by atoms with Crippen molar-refractivity contribution in [2.24, 2.45) is 0 Å². The van der Waals surface area contributed by atoms with E-state index in [0.717, 1.165) is 54.3 Å². The van der Waals surface area contributed by atoms with Gasteiger partial charge in [0.05, 0.1) is 11.7 Å². The van der Waals surface area contributed by atoms with Gasteiger partial charge in [0.25, 0.3) is 0 Å². The highest BCUT2D eigenvalue weighted by Gasteiger charge is 2.17. The van der Waals surface area contributed by atoms with Gasteiger partial charge in [-0.1, -0.05) is 0 Å². The van der Waals surface area contributed by atoms with Crippen molar-refractivity contribution in [3.8, 4) is 11.4 Å². The molecule has 110 valence electrons. The molecule has 0 aliphatic carbocycles. The summed E-state index contributed by atoms with van der Waals surface area (Å²) in [5.74, 6) is 1.71. The molecule has 6 heteroatoms. The highest BCUT2D eigenvalue weighted by molar-refractivity contribution is 5.90. The van der Waals surface area contributed by atoms with Crippen LogP contribution in [0.15, 0.2) is 43.0 Å². The van der Waals surface area contributed by atoms with E-state index in [-0.39, 0.29) is 0 Å². The third kappa shape index (κ3) is 2.37. The minimum absolute atomic E-state index is 0.719. The van der Waals surface area contributed by atoms with Gasteiger partial charge in [0, 0.05) is 55.7 Å². The number of piperazine rings is 1. The molecule has 0 atom stereocenters. The second kappa shape index (κ2) is 5.65. The Morgan fingerprint density at radius 2 is 1.68 bits per heavy atom. The zero-order chi connectivity index (χ0) is 14.8. The first kappa shape index (κ1) is 13.1. The Balaban J connectivity index is 1.89. The molecule has 1 aliphatic rings. The first-order chi connectivity index (χ1) is 10.9. The molecular formula is C16H16N6. The number of fused-ring (bicyclic) bond motifs is 1. The number of rotatable bonds is 2. The van der Waals surface area contributed by atoms with E-state index >= 15 is 0 Å². The number of anilines is 1. The van der Waals surface area contributed by atoms with Gasteiger partial charge < -0.3 is 10.2 Å². The first-order valence-electron chi connectivity index (χ1n) is 7.40. The number of aromatic nitrogens is 4. The highest BCUT2D eigenvalue weighted by Crippen LogP contribution is 2.26. The topological polar surface area (TPSA) is 66.8 Å². The summed E-state index contributed by atoms with van der Waals surface area (Å²) in [6.45, 7) is 3.84. The minimum Gasteiger partial charge on any atom is -0.353 e. The van der Waals surface area contributed by atoms with Gasteiger partial charge in [-0.3, -0.25) is 9.97 Å². The van der Waals surface area contributed by atoms with Crippen LogP contribution in [0.3, 0.4) is 0 Å². The molecule has 0 amide bonds. The summed E-state index contributed by atoms with van der Waals surface area (Å²) >= 11 is 0. The van der Waals surface area contributed by atoms with E-state index in [1.807, 2.05) is 18.2 Å². The van der Waals surface area contributed by atoms with Gasteiger partial charge in [-0.05, 0) is 18.2 Å². The molecule has 1 aliphatic heterocycles. The van der Waals surface area contributed by atoms with Crippen LogP contribution in [0.25, 0.3) is 22.3 Å². The van der Waals surface area contributed by atoms with E-state index in [4.69, 9.17) is 4.98 Å². The Hall–Kier alpha value is -2.60. The molecule has 4 heterocycles. The van der Waals surface area contributed by atoms with Crippen molar-refractivity contribution in [1.29, 1.82) is 0 Å². The fourth-order valence-corrected chi connectivity index (χ4v) is 2.71. The summed E-state index contributed by atoms with van der Waals surface area (Å²) in [5.41, 5.74) is 1.84. The predicted octanol–water partition coefficient (Wildman–Crippen LogP) is 1.50. The quantitative estimate of drug-likeness (QED) is 0.772. The maximum absolute atomic E-state index is 4.83. The fourth-order valence-electron chi connectivity index (χ4n) is 2.71. The summed E-state index contributed by atoms with van der Waals surface area (Å²) < 4.78 is 0. The zero-order valence-electron chi connectivity index (χ0n) is 12.1. The molecule has 22 heavy (non-hydrogen) atoms. The van der Waals surface area contributed by atoms with Gasteiger partial charge >= 0.3 is 0 Å². The van der Waals surface area contributed by atoms with Crippen LogP contribution in [-0.4, -0.2) is 46.1 Å².